The lowest BCUT2D eigenvalue weighted by molar-refractivity contribution is -0.143. The molecule has 2 atom stereocenters. The van der Waals surface area contributed by atoms with Gasteiger partial charge in [0.2, 0.25) is 5.91 Å². The van der Waals surface area contributed by atoms with Crippen molar-refractivity contribution >= 4 is 21.7 Å². The Morgan fingerprint density at radius 2 is 1.59 bits per heavy atom. The Labute approximate surface area is 160 Å². The topological polar surface area (TPSA) is 74.8 Å². The molecule has 0 spiro atoms. The molecule has 3 fully saturated rings. The van der Waals surface area contributed by atoms with E-state index in [0.29, 0.717) is 18.7 Å². The first-order chi connectivity index (χ1) is 12.9. The van der Waals surface area contributed by atoms with Crippen molar-refractivity contribution in [3.05, 3.63) is 35.4 Å². The molecule has 0 bridgehead atoms. The highest BCUT2D eigenvalue weighted by atomic mass is 32.2. The Hall–Kier alpha value is -1.89. The number of rotatable bonds is 3. The Bertz CT molecular complexity index is 845. The van der Waals surface area contributed by atoms with E-state index in [4.69, 9.17) is 0 Å². The van der Waals surface area contributed by atoms with Gasteiger partial charge in [-0.25, -0.2) is 8.42 Å². The number of fused-ring (bicyclic) bond motifs is 1. The van der Waals surface area contributed by atoms with Crippen LogP contribution in [0.3, 0.4) is 0 Å². The van der Waals surface area contributed by atoms with Crippen LogP contribution in [0.15, 0.2) is 24.3 Å². The third kappa shape index (κ3) is 3.37. The highest BCUT2D eigenvalue weighted by Gasteiger charge is 2.50. The third-order valence-corrected chi connectivity index (χ3v) is 7.98. The molecule has 27 heavy (non-hydrogen) atoms. The predicted molar refractivity (Wildman–Crippen MR) is 102 cm³/mol. The minimum atomic E-state index is -3.26. The molecule has 4 rings (SSSR count). The minimum absolute atomic E-state index is 0.0331. The van der Waals surface area contributed by atoms with Crippen LogP contribution in [0.1, 0.15) is 42.1 Å². The SMILES string of the molecule is CCc1ccc(C(=O)N2CCN(C(=O)C3CCC3)[C@@H]3CS(=O)(=O)C[C@@H]32)cc1. The molecule has 1 saturated carbocycles. The van der Waals surface area contributed by atoms with Gasteiger partial charge in [-0.05, 0) is 37.0 Å². The van der Waals surface area contributed by atoms with Gasteiger partial charge < -0.3 is 9.80 Å². The van der Waals surface area contributed by atoms with E-state index in [-0.39, 0.29) is 29.2 Å². The van der Waals surface area contributed by atoms with Crippen LogP contribution < -0.4 is 0 Å². The monoisotopic (exact) mass is 390 g/mol. The summed E-state index contributed by atoms with van der Waals surface area (Å²) in [5.74, 6) is -0.106. The second-order valence-electron chi connectivity index (χ2n) is 7.92. The summed E-state index contributed by atoms with van der Waals surface area (Å²) in [6.07, 6.45) is 3.76. The molecular weight excluding hydrogens is 364 g/mol. The average Bonchev–Trinajstić information content (AvgIpc) is 2.93. The van der Waals surface area contributed by atoms with Crippen LogP contribution in [-0.4, -0.2) is 66.7 Å². The molecule has 2 amide bonds. The maximum Gasteiger partial charge on any atom is 0.254 e. The number of sulfone groups is 1. The van der Waals surface area contributed by atoms with E-state index < -0.39 is 21.9 Å². The van der Waals surface area contributed by atoms with Crippen LogP contribution in [0.25, 0.3) is 0 Å². The molecular formula is C20H26N2O4S. The summed E-state index contributed by atoms with van der Waals surface area (Å²) in [4.78, 5) is 29.3. The van der Waals surface area contributed by atoms with Crippen LogP contribution in [0.5, 0.6) is 0 Å². The Morgan fingerprint density at radius 3 is 2.15 bits per heavy atom. The van der Waals surface area contributed by atoms with E-state index in [1.165, 1.54) is 0 Å². The van der Waals surface area contributed by atoms with Gasteiger partial charge in [0.25, 0.3) is 5.91 Å². The fraction of sp³-hybridized carbons (Fsp3) is 0.600. The Morgan fingerprint density at radius 1 is 1.00 bits per heavy atom. The summed E-state index contributed by atoms with van der Waals surface area (Å²) in [5.41, 5.74) is 1.73. The summed E-state index contributed by atoms with van der Waals surface area (Å²) < 4.78 is 24.7. The van der Waals surface area contributed by atoms with E-state index >= 15 is 0 Å². The number of carbonyl (C=O) groups is 2. The maximum atomic E-state index is 13.1. The first kappa shape index (κ1) is 18.5. The fourth-order valence-corrected chi connectivity index (χ4v) is 6.40. The zero-order valence-electron chi connectivity index (χ0n) is 15.6. The van der Waals surface area contributed by atoms with Crippen LogP contribution in [-0.2, 0) is 21.1 Å². The van der Waals surface area contributed by atoms with Crippen molar-refractivity contribution in [1.82, 2.24) is 9.80 Å². The number of aryl methyl sites for hydroxylation is 1. The van der Waals surface area contributed by atoms with Crippen molar-refractivity contribution in [2.75, 3.05) is 24.6 Å². The highest BCUT2D eigenvalue weighted by Crippen LogP contribution is 2.34. The number of nitrogens with zero attached hydrogens (tertiary/aromatic N) is 2. The smallest absolute Gasteiger partial charge is 0.254 e. The Kier molecular flexibility index (Phi) is 4.74. The zero-order valence-corrected chi connectivity index (χ0v) is 16.5. The lowest BCUT2D eigenvalue weighted by Crippen LogP contribution is -2.63. The fourth-order valence-electron chi connectivity index (χ4n) is 4.42. The largest absolute Gasteiger partial charge is 0.335 e. The van der Waals surface area contributed by atoms with Gasteiger partial charge in [0, 0.05) is 24.6 Å². The van der Waals surface area contributed by atoms with E-state index in [1.807, 2.05) is 24.3 Å². The van der Waals surface area contributed by atoms with Crippen LogP contribution in [0.4, 0.5) is 0 Å². The number of benzene rings is 1. The van der Waals surface area contributed by atoms with Gasteiger partial charge in [0.05, 0.1) is 23.6 Å². The van der Waals surface area contributed by atoms with Gasteiger partial charge in [-0.1, -0.05) is 25.5 Å². The number of piperazine rings is 1. The zero-order chi connectivity index (χ0) is 19.2. The molecule has 1 aliphatic carbocycles. The molecule has 1 aromatic carbocycles. The number of amides is 2. The summed E-state index contributed by atoms with van der Waals surface area (Å²) in [5, 5.41) is 0. The van der Waals surface area contributed by atoms with E-state index in [2.05, 4.69) is 6.92 Å². The van der Waals surface area contributed by atoms with Crippen molar-refractivity contribution in [1.29, 1.82) is 0 Å². The predicted octanol–water partition coefficient (Wildman–Crippen LogP) is 1.50. The van der Waals surface area contributed by atoms with Gasteiger partial charge >= 0.3 is 0 Å². The minimum Gasteiger partial charge on any atom is -0.335 e. The van der Waals surface area contributed by atoms with Crippen molar-refractivity contribution in [3.8, 4) is 0 Å². The van der Waals surface area contributed by atoms with Crippen molar-refractivity contribution in [3.63, 3.8) is 0 Å². The molecule has 0 N–H and O–H groups in total. The average molecular weight is 391 g/mol. The van der Waals surface area contributed by atoms with Crippen molar-refractivity contribution in [2.24, 2.45) is 5.92 Å². The maximum absolute atomic E-state index is 13.1. The van der Waals surface area contributed by atoms with E-state index in [1.54, 1.807) is 9.80 Å². The first-order valence-electron chi connectivity index (χ1n) is 9.80. The molecule has 2 aliphatic heterocycles. The van der Waals surface area contributed by atoms with Gasteiger partial charge in [-0.2, -0.15) is 0 Å². The molecule has 3 aliphatic rings. The highest BCUT2D eigenvalue weighted by molar-refractivity contribution is 7.91. The van der Waals surface area contributed by atoms with Crippen LogP contribution >= 0.6 is 0 Å². The lowest BCUT2D eigenvalue weighted by Gasteiger charge is -2.45. The summed E-state index contributed by atoms with van der Waals surface area (Å²) >= 11 is 0. The first-order valence-corrected chi connectivity index (χ1v) is 11.6. The molecule has 146 valence electrons. The number of carbonyl (C=O) groups excluding carboxylic acids is 2. The van der Waals surface area contributed by atoms with Gasteiger partial charge in [-0.3, -0.25) is 9.59 Å². The quantitative estimate of drug-likeness (QED) is 0.784. The molecule has 7 heteroatoms. The van der Waals surface area contributed by atoms with E-state index in [9.17, 15) is 18.0 Å². The molecule has 0 aromatic heterocycles. The molecule has 0 radical (unpaired) electrons. The molecule has 2 saturated heterocycles. The lowest BCUT2D eigenvalue weighted by atomic mass is 9.83. The summed E-state index contributed by atoms with van der Waals surface area (Å²) in [6.45, 7) is 2.87. The van der Waals surface area contributed by atoms with Crippen molar-refractivity contribution < 1.29 is 18.0 Å². The molecule has 6 nitrogen and oxygen atoms in total. The van der Waals surface area contributed by atoms with Crippen LogP contribution in [0.2, 0.25) is 0 Å². The standard InChI is InChI=1S/C20H26N2O4S/c1-2-14-6-8-16(9-7-14)20(24)22-11-10-21(19(23)15-4-3-5-15)17-12-27(25,26)13-18(17)22/h6-9,15,17-18H,2-5,10-13H2,1H3/t17-,18+/m1/s1. The third-order valence-electron chi connectivity index (χ3n) is 6.28. The number of hydrogen-bond donors (Lipinski definition) is 0. The van der Waals surface area contributed by atoms with Crippen molar-refractivity contribution in [2.45, 2.75) is 44.7 Å². The molecule has 0 unspecified atom stereocenters. The van der Waals surface area contributed by atoms with Gasteiger partial charge in [0.1, 0.15) is 0 Å². The molecule has 1 aromatic rings. The normalized spacial score (nSPS) is 27.1. The van der Waals surface area contributed by atoms with Gasteiger partial charge in [-0.15, -0.1) is 0 Å². The second-order valence-corrected chi connectivity index (χ2v) is 10.1. The van der Waals surface area contributed by atoms with Crippen LogP contribution in [0, 0.1) is 5.92 Å². The second kappa shape index (κ2) is 6.93. The van der Waals surface area contributed by atoms with Gasteiger partial charge in [0.15, 0.2) is 9.84 Å². The number of hydrogen-bond acceptors (Lipinski definition) is 4. The summed E-state index contributed by atoms with van der Waals surface area (Å²) in [6, 6.07) is 6.65. The molecule has 2 heterocycles. The Balaban J connectivity index is 1.58. The summed E-state index contributed by atoms with van der Waals surface area (Å²) in [7, 11) is -3.26. The van der Waals surface area contributed by atoms with E-state index in [0.717, 1.165) is 31.2 Å².